The zero-order chi connectivity index (χ0) is 9.07. The van der Waals surface area contributed by atoms with Crippen LogP contribution < -0.4 is 0 Å². The van der Waals surface area contributed by atoms with Gasteiger partial charge in [0.25, 0.3) is 0 Å². The van der Waals surface area contributed by atoms with Gasteiger partial charge in [-0.05, 0) is 12.5 Å². The van der Waals surface area contributed by atoms with E-state index >= 15 is 0 Å². The molecule has 0 bridgehead atoms. The van der Waals surface area contributed by atoms with Crippen LogP contribution in [-0.2, 0) is 0 Å². The maximum Gasteiger partial charge on any atom is 0.0823 e. The van der Waals surface area contributed by atoms with Crippen molar-refractivity contribution in [3.8, 4) is 0 Å². The van der Waals surface area contributed by atoms with Gasteiger partial charge in [-0.15, -0.1) is 6.58 Å². The summed E-state index contributed by atoms with van der Waals surface area (Å²) < 4.78 is 0. The average molecular weight is 170 g/mol. The van der Waals surface area contributed by atoms with Crippen LogP contribution in [-0.4, -0.2) is 8.07 Å². The van der Waals surface area contributed by atoms with Crippen molar-refractivity contribution in [1.29, 1.82) is 0 Å². The molecule has 0 aromatic heterocycles. The molecule has 1 heteroatoms. The Morgan fingerprint density at radius 2 is 1.64 bits per heavy atom. The molecule has 0 saturated carbocycles. The summed E-state index contributed by atoms with van der Waals surface area (Å²) in [5.41, 5.74) is 0.856. The SMILES string of the molecule is C=C(C)[Si](CC)(CC)C(C)C. The van der Waals surface area contributed by atoms with Gasteiger partial charge in [-0.2, -0.15) is 0 Å². The van der Waals surface area contributed by atoms with Gasteiger partial charge >= 0.3 is 0 Å². The van der Waals surface area contributed by atoms with E-state index in [0.717, 1.165) is 5.54 Å². The van der Waals surface area contributed by atoms with Crippen molar-refractivity contribution in [2.75, 3.05) is 0 Å². The quantitative estimate of drug-likeness (QED) is 0.559. The van der Waals surface area contributed by atoms with Gasteiger partial charge in [-0.3, -0.25) is 0 Å². The van der Waals surface area contributed by atoms with Crippen LogP contribution in [0.15, 0.2) is 11.8 Å². The molecule has 0 spiro atoms. The molecule has 0 aromatic rings. The van der Waals surface area contributed by atoms with Crippen molar-refractivity contribution in [3.63, 3.8) is 0 Å². The molecule has 0 aliphatic rings. The molecule has 0 heterocycles. The van der Waals surface area contributed by atoms with Gasteiger partial charge < -0.3 is 0 Å². The Labute approximate surface area is 72.7 Å². The fraction of sp³-hybridized carbons (Fsp3) is 0.800. The van der Waals surface area contributed by atoms with Gasteiger partial charge in [-0.25, -0.2) is 0 Å². The Hall–Kier alpha value is -0.0431. The lowest BCUT2D eigenvalue weighted by atomic mass is 10.6. The lowest BCUT2D eigenvalue weighted by Gasteiger charge is -2.34. The molecular formula is C10H22Si. The highest BCUT2D eigenvalue weighted by Gasteiger charge is 2.32. The van der Waals surface area contributed by atoms with Crippen molar-refractivity contribution in [3.05, 3.63) is 11.8 Å². The van der Waals surface area contributed by atoms with E-state index in [9.17, 15) is 0 Å². The van der Waals surface area contributed by atoms with Crippen LogP contribution in [0.5, 0.6) is 0 Å². The summed E-state index contributed by atoms with van der Waals surface area (Å²) >= 11 is 0. The molecule has 0 fully saturated rings. The first-order chi connectivity index (χ1) is 5.01. The summed E-state index contributed by atoms with van der Waals surface area (Å²) in [6, 6.07) is 2.72. The van der Waals surface area contributed by atoms with Gasteiger partial charge in [0.2, 0.25) is 0 Å². The van der Waals surface area contributed by atoms with Gasteiger partial charge in [-0.1, -0.05) is 45.0 Å². The number of hydrogen-bond acceptors (Lipinski definition) is 0. The predicted molar refractivity (Wildman–Crippen MR) is 56.6 cm³/mol. The molecule has 0 rings (SSSR count). The molecule has 0 aromatic carbocycles. The van der Waals surface area contributed by atoms with Crippen LogP contribution in [0.4, 0.5) is 0 Å². The van der Waals surface area contributed by atoms with Crippen molar-refractivity contribution in [2.24, 2.45) is 0 Å². The highest BCUT2D eigenvalue weighted by atomic mass is 28.3. The monoisotopic (exact) mass is 170 g/mol. The molecule has 0 radical (unpaired) electrons. The predicted octanol–water partition coefficient (Wildman–Crippen LogP) is 4.00. The smallest absolute Gasteiger partial charge is 0.0823 e. The topological polar surface area (TPSA) is 0 Å². The lowest BCUT2D eigenvalue weighted by molar-refractivity contribution is 0.966. The minimum atomic E-state index is -1.09. The van der Waals surface area contributed by atoms with E-state index in [-0.39, 0.29) is 0 Å². The largest absolute Gasteiger partial charge is 0.104 e. The van der Waals surface area contributed by atoms with E-state index in [1.807, 2.05) is 0 Å². The Morgan fingerprint density at radius 3 is 1.64 bits per heavy atom. The second kappa shape index (κ2) is 4.10. The lowest BCUT2D eigenvalue weighted by Crippen LogP contribution is -2.37. The van der Waals surface area contributed by atoms with E-state index in [0.29, 0.717) is 0 Å². The first kappa shape index (κ1) is 11.0. The minimum Gasteiger partial charge on any atom is -0.104 e. The van der Waals surface area contributed by atoms with Crippen LogP contribution in [0.25, 0.3) is 0 Å². The Kier molecular flexibility index (Phi) is 4.08. The third kappa shape index (κ3) is 1.96. The summed E-state index contributed by atoms with van der Waals surface area (Å²) in [7, 11) is -1.09. The summed E-state index contributed by atoms with van der Waals surface area (Å²) in [6.45, 7) is 15.7. The van der Waals surface area contributed by atoms with Crippen LogP contribution in [0, 0.1) is 0 Å². The normalized spacial score (nSPS) is 12.2. The molecule has 0 unspecified atom stereocenters. The van der Waals surface area contributed by atoms with Crippen LogP contribution in [0.3, 0.4) is 0 Å². The van der Waals surface area contributed by atoms with Crippen molar-refractivity contribution in [2.45, 2.75) is 52.2 Å². The zero-order valence-corrected chi connectivity index (χ0v) is 9.70. The summed E-state index contributed by atoms with van der Waals surface area (Å²) in [4.78, 5) is 0. The van der Waals surface area contributed by atoms with Gasteiger partial charge in [0, 0.05) is 0 Å². The maximum atomic E-state index is 4.15. The van der Waals surface area contributed by atoms with E-state index in [1.165, 1.54) is 17.3 Å². The molecule has 0 saturated heterocycles. The molecular weight excluding hydrogens is 148 g/mol. The Morgan fingerprint density at radius 1 is 1.27 bits per heavy atom. The van der Waals surface area contributed by atoms with E-state index < -0.39 is 8.07 Å². The zero-order valence-electron chi connectivity index (χ0n) is 8.70. The first-order valence-electron chi connectivity index (χ1n) is 4.67. The number of rotatable bonds is 4. The second-order valence-electron chi connectivity index (χ2n) is 3.80. The van der Waals surface area contributed by atoms with Gasteiger partial charge in [0.15, 0.2) is 0 Å². The van der Waals surface area contributed by atoms with Gasteiger partial charge in [0.05, 0.1) is 8.07 Å². The average Bonchev–Trinajstić information content (AvgIpc) is 1.90. The number of hydrogen-bond donors (Lipinski definition) is 0. The van der Waals surface area contributed by atoms with E-state index in [1.54, 1.807) is 0 Å². The maximum absolute atomic E-state index is 4.15. The van der Waals surface area contributed by atoms with Crippen LogP contribution in [0.2, 0.25) is 17.6 Å². The fourth-order valence-corrected chi connectivity index (χ4v) is 6.49. The third-order valence-electron chi connectivity index (χ3n) is 3.22. The minimum absolute atomic E-state index is 0.856. The fourth-order valence-electron chi connectivity index (χ4n) is 2.16. The second-order valence-corrected chi connectivity index (χ2v) is 9.53. The summed E-state index contributed by atoms with van der Waals surface area (Å²) in [5, 5.41) is 1.48. The van der Waals surface area contributed by atoms with Crippen molar-refractivity contribution >= 4 is 8.07 Å². The molecule has 11 heavy (non-hydrogen) atoms. The molecule has 0 aliphatic carbocycles. The molecule has 0 aliphatic heterocycles. The first-order valence-corrected chi connectivity index (χ1v) is 7.16. The highest BCUT2D eigenvalue weighted by Crippen LogP contribution is 2.34. The standard InChI is InChI=1S/C10H22Si/c1-7-11(8-2,9(3)4)10(5)6/h10H,3,7-8H2,1-2,4-6H3. The van der Waals surface area contributed by atoms with Crippen molar-refractivity contribution in [1.82, 2.24) is 0 Å². The highest BCUT2D eigenvalue weighted by molar-refractivity contribution is 6.87. The van der Waals surface area contributed by atoms with E-state index in [4.69, 9.17) is 0 Å². The Bertz CT molecular complexity index is 132. The van der Waals surface area contributed by atoms with Crippen LogP contribution >= 0.6 is 0 Å². The number of allylic oxidation sites excluding steroid dienone is 1. The van der Waals surface area contributed by atoms with Crippen LogP contribution in [0.1, 0.15) is 34.6 Å². The molecule has 0 nitrogen and oxygen atoms in total. The molecule has 66 valence electrons. The summed E-state index contributed by atoms with van der Waals surface area (Å²) in [5.74, 6) is 0. The Balaban J connectivity index is 4.61. The molecule has 0 atom stereocenters. The third-order valence-corrected chi connectivity index (χ3v) is 9.65. The van der Waals surface area contributed by atoms with Gasteiger partial charge in [0.1, 0.15) is 0 Å². The molecule has 0 amide bonds. The summed E-state index contributed by atoms with van der Waals surface area (Å²) in [6.07, 6.45) is 0. The van der Waals surface area contributed by atoms with E-state index in [2.05, 4.69) is 41.2 Å². The van der Waals surface area contributed by atoms with Crippen molar-refractivity contribution < 1.29 is 0 Å². The molecule has 0 N–H and O–H groups in total.